The number of aliphatic hydroxyl groups is 1. The molecule has 94 valence electrons. The molecule has 0 spiro atoms. The minimum absolute atomic E-state index is 0.00685. The number of aryl methyl sites for hydroxylation is 1. The lowest BCUT2D eigenvalue weighted by molar-refractivity contribution is 0.0852. The van der Waals surface area contributed by atoms with Crippen LogP contribution in [0.25, 0.3) is 0 Å². The van der Waals surface area contributed by atoms with E-state index in [0.29, 0.717) is 6.04 Å². The number of hydrogen-bond donors (Lipinski definition) is 1. The number of ether oxygens (including phenoxy) is 1. The Labute approximate surface area is 101 Å². The first-order valence-corrected chi connectivity index (χ1v) is 5.96. The SMILES string of the molecule is Cc1nc(N(C)C2CCOCC2)ncc1CO. The van der Waals surface area contributed by atoms with Crippen LogP contribution in [0.3, 0.4) is 0 Å². The van der Waals surface area contributed by atoms with Gasteiger partial charge in [0.1, 0.15) is 0 Å². The molecule has 1 aromatic heterocycles. The third kappa shape index (κ3) is 2.73. The number of anilines is 1. The molecule has 1 aromatic rings. The van der Waals surface area contributed by atoms with Gasteiger partial charge in [-0.25, -0.2) is 9.97 Å². The third-order valence-electron chi connectivity index (χ3n) is 3.29. The lowest BCUT2D eigenvalue weighted by Gasteiger charge is -2.31. The normalized spacial score (nSPS) is 17.1. The quantitative estimate of drug-likeness (QED) is 0.846. The Hall–Kier alpha value is -1.20. The van der Waals surface area contributed by atoms with Gasteiger partial charge in [-0.1, -0.05) is 0 Å². The van der Waals surface area contributed by atoms with Crippen molar-refractivity contribution in [2.24, 2.45) is 0 Å². The van der Waals surface area contributed by atoms with Crippen molar-refractivity contribution in [3.63, 3.8) is 0 Å². The molecule has 1 fully saturated rings. The second kappa shape index (κ2) is 5.42. The molecule has 1 N–H and O–H groups in total. The van der Waals surface area contributed by atoms with Crippen LogP contribution in [0.1, 0.15) is 24.1 Å². The second-order valence-electron chi connectivity index (χ2n) is 4.39. The van der Waals surface area contributed by atoms with Crippen LogP contribution >= 0.6 is 0 Å². The van der Waals surface area contributed by atoms with E-state index >= 15 is 0 Å². The summed E-state index contributed by atoms with van der Waals surface area (Å²) in [6, 6.07) is 0.447. The van der Waals surface area contributed by atoms with Gasteiger partial charge in [0.15, 0.2) is 0 Å². The zero-order valence-electron chi connectivity index (χ0n) is 10.4. The van der Waals surface area contributed by atoms with Crippen LogP contribution in [0.15, 0.2) is 6.20 Å². The maximum atomic E-state index is 9.09. The second-order valence-corrected chi connectivity index (χ2v) is 4.39. The topological polar surface area (TPSA) is 58.5 Å². The van der Waals surface area contributed by atoms with Crippen LogP contribution in [0.2, 0.25) is 0 Å². The molecule has 0 unspecified atom stereocenters. The van der Waals surface area contributed by atoms with Gasteiger partial charge in [0.2, 0.25) is 5.95 Å². The average Bonchev–Trinajstić information content (AvgIpc) is 2.39. The van der Waals surface area contributed by atoms with Crippen molar-refractivity contribution >= 4 is 5.95 Å². The molecule has 5 heteroatoms. The van der Waals surface area contributed by atoms with E-state index in [1.165, 1.54) is 0 Å². The molecule has 0 aliphatic carbocycles. The Balaban J connectivity index is 2.12. The molecule has 0 radical (unpaired) electrons. The van der Waals surface area contributed by atoms with E-state index in [0.717, 1.165) is 43.3 Å². The maximum absolute atomic E-state index is 9.09. The molecule has 5 nitrogen and oxygen atoms in total. The standard InChI is InChI=1S/C12H19N3O2/c1-9-10(8-16)7-13-12(14-9)15(2)11-3-5-17-6-4-11/h7,11,16H,3-6,8H2,1-2H3. The predicted octanol–water partition coefficient (Wildman–Crippen LogP) is 0.893. The molecule has 1 aliphatic rings. The summed E-state index contributed by atoms with van der Waals surface area (Å²) in [5.41, 5.74) is 1.63. The zero-order chi connectivity index (χ0) is 12.3. The highest BCUT2D eigenvalue weighted by molar-refractivity contribution is 5.33. The minimum Gasteiger partial charge on any atom is -0.392 e. The van der Waals surface area contributed by atoms with Gasteiger partial charge in [0.05, 0.1) is 6.61 Å². The van der Waals surface area contributed by atoms with Crippen LogP contribution in [-0.2, 0) is 11.3 Å². The molecule has 1 aliphatic heterocycles. The van der Waals surface area contributed by atoms with Gasteiger partial charge in [-0.2, -0.15) is 0 Å². The fourth-order valence-electron chi connectivity index (χ4n) is 2.04. The Morgan fingerprint density at radius 3 is 2.76 bits per heavy atom. The summed E-state index contributed by atoms with van der Waals surface area (Å²) in [6.07, 6.45) is 3.73. The largest absolute Gasteiger partial charge is 0.392 e. The Morgan fingerprint density at radius 2 is 2.18 bits per heavy atom. The third-order valence-corrected chi connectivity index (χ3v) is 3.29. The molecule has 17 heavy (non-hydrogen) atoms. The molecule has 0 bridgehead atoms. The van der Waals surface area contributed by atoms with Crippen LogP contribution in [0, 0.1) is 6.92 Å². The molecular formula is C12H19N3O2. The van der Waals surface area contributed by atoms with Gasteiger partial charge in [0.25, 0.3) is 0 Å². The van der Waals surface area contributed by atoms with E-state index in [1.807, 2.05) is 14.0 Å². The molecule has 0 saturated carbocycles. The highest BCUT2D eigenvalue weighted by atomic mass is 16.5. The van der Waals surface area contributed by atoms with Crippen molar-refractivity contribution in [3.05, 3.63) is 17.5 Å². The zero-order valence-corrected chi connectivity index (χ0v) is 10.4. The highest BCUT2D eigenvalue weighted by Crippen LogP contribution is 2.18. The fraction of sp³-hybridized carbons (Fsp3) is 0.667. The number of rotatable bonds is 3. The van der Waals surface area contributed by atoms with Crippen molar-refractivity contribution in [2.45, 2.75) is 32.4 Å². The first-order valence-electron chi connectivity index (χ1n) is 5.96. The smallest absolute Gasteiger partial charge is 0.225 e. The Kier molecular flexibility index (Phi) is 3.91. The van der Waals surface area contributed by atoms with Crippen molar-refractivity contribution in [1.82, 2.24) is 9.97 Å². The predicted molar refractivity (Wildman–Crippen MR) is 64.9 cm³/mol. The van der Waals surface area contributed by atoms with Gasteiger partial charge in [0, 0.05) is 43.8 Å². The van der Waals surface area contributed by atoms with Gasteiger partial charge >= 0.3 is 0 Å². The Morgan fingerprint density at radius 1 is 1.47 bits per heavy atom. The summed E-state index contributed by atoms with van der Waals surface area (Å²) in [5.74, 6) is 0.728. The molecule has 0 amide bonds. The van der Waals surface area contributed by atoms with Crippen LogP contribution < -0.4 is 4.90 Å². The molecule has 2 rings (SSSR count). The van der Waals surface area contributed by atoms with E-state index in [-0.39, 0.29) is 6.61 Å². The molecule has 1 saturated heterocycles. The molecule has 0 aromatic carbocycles. The summed E-state index contributed by atoms with van der Waals surface area (Å²) in [6.45, 7) is 3.51. The number of aliphatic hydroxyl groups excluding tert-OH is 1. The Bertz CT molecular complexity index is 378. The summed E-state index contributed by atoms with van der Waals surface area (Å²) in [4.78, 5) is 10.8. The van der Waals surface area contributed by atoms with Crippen molar-refractivity contribution < 1.29 is 9.84 Å². The van der Waals surface area contributed by atoms with Crippen LogP contribution in [0.4, 0.5) is 5.95 Å². The summed E-state index contributed by atoms with van der Waals surface area (Å²) < 4.78 is 5.35. The number of hydrogen-bond acceptors (Lipinski definition) is 5. The summed E-state index contributed by atoms with van der Waals surface area (Å²) >= 11 is 0. The van der Waals surface area contributed by atoms with Gasteiger partial charge in [-0.3, -0.25) is 0 Å². The van der Waals surface area contributed by atoms with E-state index in [4.69, 9.17) is 9.84 Å². The average molecular weight is 237 g/mol. The lowest BCUT2D eigenvalue weighted by Crippen LogP contribution is -2.37. The molecular weight excluding hydrogens is 218 g/mol. The van der Waals surface area contributed by atoms with Crippen LogP contribution in [-0.4, -0.2) is 41.4 Å². The summed E-state index contributed by atoms with van der Waals surface area (Å²) in [7, 11) is 2.02. The molecule has 2 heterocycles. The first-order chi connectivity index (χ1) is 8.22. The van der Waals surface area contributed by atoms with E-state index in [9.17, 15) is 0 Å². The highest BCUT2D eigenvalue weighted by Gasteiger charge is 2.20. The fourth-order valence-corrected chi connectivity index (χ4v) is 2.04. The van der Waals surface area contributed by atoms with E-state index in [1.54, 1.807) is 6.20 Å². The van der Waals surface area contributed by atoms with E-state index < -0.39 is 0 Å². The van der Waals surface area contributed by atoms with Crippen molar-refractivity contribution in [3.8, 4) is 0 Å². The number of aromatic nitrogens is 2. The number of nitrogens with zero attached hydrogens (tertiary/aromatic N) is 3. The molecule has 0 atom stereocenters. The van der Waals surface area contributed by atoms with Crippen LogP contribution in [0.5, 0.6) is 0 Å². The van der Waals surface area contributed by atoms with Crippen molar-refractivity contribution in [2.75, 3.05) is 25.2 Å². The first kappa shape index (κ1) is 12.3. The van der Waals surface area contributed by atoms with Gasteiger partial charge in [-0.05, 0) is 19.8 Å². The monoisotopic (exact) mass is 237 g/mol. The van der Waals surface area contributed by atoms with Gasteiger partial charge in [-0.15, -0.1) is 0 Å². The minimum atomic E-state index is -0.00685. The maximum Gasteiger partial charge on any atom is 0.225 e. The summed E-state index contributed by atoms with van der Waals surface area (Å²) in [5, 5.41) is 9.09. The lowest BCUT2D eigenvalue weighted by atomic mass is 10.1. The van der Waals surface area contributed by atoms with Crippen molar-refractivity contribution in [1.29, 1.82) is 0 Å². The van der Waals surface area contributed by atoms with E-state index in [2.05, 4.69) is 14.9 Å². The van der Waals surface area contributed by atoms with Gasteiger partial charge < -0.3 is 14.7 Å².